The van der Waals surface area contributed by atoms with Crippen LogP contribution in [0.15, 0.2) is 0 Å². The highest BCUT2D eigenvalue weighted by molar-refractivity contribution is 5.83. The van der Waals surface area contributed by atoms with Gasteiger partial charge >= 0.3 is 5.97 Å². The van der Waals surface area contributed by atoms with E-state index in [1.165, 1.54) is 6.92 Å². The van der Waals surface area contributed by atoms with E-state index in [9.17, 15) is 14.7 Å². The van der Waals surface area contributed by atoms with Crippen molar-refractivity contribution in [3.8, 4) is 0 Å². The molecular weight excluding hydrogens is 316 g/mol. The average Bonchev–Trinajstić information content (AvgIpc) is 2.86. The molecule has 0 aromatic heterocycles. The van der Waals surface area contributed by atoms with Crippen LogP contribution in [0.2, 0.25) is 0 Å². The lowest BCUT2D eigenvalue weighted by Crippen LogP contribution is -2.57. The second-order valence-corrected chi connectivity index (χ2v) is 9.75. The summed E-state index contributed by atoms with van der Waals surface area (Å²) in [5.74, 6) is 1.75. The lowest BCUT2D eigenvalue weighted by molar-refractivity contribution is -0.169. The molecule has 0 aliphatic heterocycles. The fourth-order valence-corrected chi connectivity index (χ4v) is 7.37. The normalized spacial score (nSPS) is 52.1. The second-order valence-electron chi connectivity index (χ2n) is 9.75. The number of hydrogen-bond donors (Lipinski definition) is 1. The Labute approximate surface area is 150 Å². The number of ether oxygens (including phenoxy) is 1. The molecule has 4 rings (SSSR count). The highest BCUT2D eigenvalue weighted by Crippen LogP contribution is 2.65. The summed E-state index contributed by atoms with van der Waals surface area (Å²) in [7, 11) is 0. The molecule has 0 aromatic carbocycles. The molecule has 4 aliphatic rings. The Morgan fingerprint density at radius 2 is 1.76 bits per heavy atom. The monoisotopic (exact) mass is 348 g/mol. The maximum atomic E-state index is 13.0. The van der Waals surface area contributed by atoms with Gasteiger partial charge in [0.1, 0.15) is 11.9 Å². The predicted molar refractivity (Wildman–Crippen MR) is 93.7 cm³/mol. The molecule has 4 saturated carbocycles. The molecule has 0 aromatic rings. The fourth-order valence-electron chi connectivity index (χ4n) is 7.37. The molecule has 25 heavy (non-hydrogen) atoms. The van der Waals surface area contributed by atoms with E-state index in [2.05, 4.69) is 13.8 Å². The number of Topliss-reactive ketones (excluding diaryl/α,β-unsaturated/α-hetero) is 1. The molecule has 4 aliphatic carbocycles. The molecule has 2 unspecified atom stereocenters. The van der Waals surface area contributed by atoms with Crippen LogP contribution in [0.3, 0.4) is 0 Å². The van der Waals surface area contributed by atoms with Crippen molar-refractivity contribution in [2.24, 2.45) is 34.5 Å². The van der Waals surface area contributed by atoms with Gasteiger partial charge in [0.2, 0.25) is 0 Å². The van der Waals surface area contributed by atoms with Gasteiger partial charge in [-0.05, 0) is 68.1 Å². The van der Waals surface area contributed by atoms with Gasteiger partial charge in [-0.1, -0.05) is 13.8 Å². The number of rotatable bonds is 1. The van der Waals surface area contributed by atoms with Crippen LogP contribution in [-0.4, -0.2) is 29.1 Å². The van der Waals surface area contributed by atoms with Gasteiger partial charge in [-0.3, -0.25) is 9.59 Å². The van der Waals surface area contributed by atoms with Crippen molar-refractivity contribution in [2.75, 3.05) is 0 Å². The highest BCUT2D eigenvalue weighted by Gasteiger charge is 2.62. The van der Waals surface area contributed by atoms with E-state index >= 15 is 0 Å². The number of fused-ring (bicyclic) bond motifs is 5. The van der Waals surface area contributed by atoms with Gasteiger partial charge in [-0.2, -0.15) is 0 Å². The Morgan fingerprint density at radius 1 is 1.08 bits per heavy atom. The van der Waals surface area contributed by atoms with Gasteiger partial charge in [-0.15, -0.1) is 0 Å². The maximum Gasteiger partial charge on any atom is 0.302 e. The minimum atomic E-state index is -0.299. The third-order valence-corrected chi connectivity index (χ3v) is 8.65. The average molecular weight is 348 g/mol. The van der Waals surface area contributed by atoms with Crippen molar-refractivity contribution >= 4 is 11.8 Å². The summed E-state index contributed by atoms with van der Waals surface area (Å²) in [4.78, 5) is 24.5. The minimum Gasteiger partial charge on any atom is -0.462 e. The first-order valence-corrected chi connectivity index (χ1v) is 10.1. The first-order chi connectivity index (χ1) is 11.8. The lowest BCUT2D eigenvalue weighted by Gasteiger charge is -2.59. The van der Waals surface area contributed by atoms with Crippen molar-refractivity contribution in [1.82, 2.24) is 0 Å². The van der Waals surface area contributed by atoms with Gasteiger partial charge in [0.05, 0.1) is 6.10 Å². The Bertz CT molecular complexity index is 586. The molecule has 0 bridgehead atoms. The summed E-state index contributed by atoms with van der Waals surface area (Å²) in [6, 6.07) is 0. The topological polar surface area (TPSA) is 63.6 Å². The molecule has 4 heteroatoms. The van der Waals surface area contributed by atoms with E-state index in [4.69, 9.17) is 4.74 Å². The van der Waals surface area contributed by atoms with Crippen LogP contribution in [0.4, 0.5) is 0 Å². The minimum absolute atomic E-state index is 0.0183. The summed E-state index contributed by atoms with van der Waals surface area (Å²) >= 11 is 0. The quantitative estimate of drug-likeness (QED) is 0.737. The van der Waals surface area contributed by atoms with Crippen LogP contribution in [0.25, 0.3) is 0 Å². The highest BCUT2D eigenvalue weighted by atomic mass is 16.5. The number of esters is 1. The van der Waals surface area contributed by atoms with E-state index in [1.807, 2.05) is 0 Å². The van der Waals surface area contributed by atoms with Crippen molar-refractivity contribution in [1.29, 1.82) is 0 Å². The number of carbonyl (C=O) groups excluding carboxylic acids is 2. The zero-order valence-corrected chi connectivity index (χ0v) is 15.8. The summed E-state index contributed by atoms with van der Waals surface area (Å²) in [5.41, 5.74) is 0.0879. The van der Waals surface area contributed by atoms with Crippen LogP contribution in [0.1, 0.15) is 72.1 Å². The van der Waals surface area contributed by atoms with Gasteiger partial charge in [0.15, 0.2) is 0 Å². The predicted octanol–water partition coefficient (Wildman–Crippen LogP) is 3.50. The fraction of sp³-hybridized carbons (Fsp3) is 0.905. The van der Waals surface area contributed by atoms with Crippen molar-refractivity contribution < 1.29 is 19.4 Å². The SMILES string of the molecule is CC(=O)O[C@H]1CCC2[C@@H]3CC(=O)[C@H]4C[C@@H](O)CC[C@]4(C)C3CC[C@@]21C. The number of aliphatic hydroxyl groups is 1. The molecular formula is C21H32O4. The second kappa shape index (κ2) is 5.80. The summed E-state index contributed by atoms with van der Waals surface area (Å²) in [6.45, 7) is 6.11. The van der Waals surface area contributed by atoms with E-state index in [-0.39, 0.29) is 34.9 Å². The first-order valence-electron chi connectivity index (χ1n) is 10.1. The van der Waals surface area contributed by atoms with Crippen LogP contribution in [0.5, 0.6) is 0 Å². The van der Waals surface area contributed by atoms with Crippen molar-refractivity contribution in [3.63, 3.8) is 0 Å². The Hall–Kier alpha value is -0.900. The third-order valence-electron chi connectivity index (χ3n) is 8.65. The molecule has 0 saturated heterocycles. The van der Waals surface area contributed by atoms with Gasteiger partial charge < -0.3 is 9.84 Å². The molecule has 8 atom stereocenters. The van der Waals surface area contributed by atoms with E-state index in [1.54, 1.807) is 0 Å². The van der Waals surface area contributed by atoms with Crippen LogP contribution in [-0.2, 0) is 14.3 Å². The molecule has 140 valence electrons. The summed E-state index contributed by atoms with van der Waals surface area (Å²) in [6.07, 6.45) is 7.10. The zero-order valence-electron chi connectivity index (χ0n) is 15.8. The molecule has 0 radical (unpaired) electrons. The van der Waals surface area contributed by atoms with E-state index in [0.29, 0.717) is 36.4 Å². The molecule has 0 spiro atoms. The molecule has 0 heterocycles. The van der Waals surface area contributed by atoms with Crippen LogP contribution in [0, 0.1) is 34.5 Å². The van der Waals surface area contributed by atoms with Crippen molar-refractivity contribution in [3.05, 3.63) is 0 Å². The molecule has 4 nitrogen and oxygen atoms in total. The van der Waals surface area contributed by atoms with Gasteiger partial charge in [0, 0.05) is 24.7 Å². The van der Waals surface area contributed by atoms with E-state index in [0.717, 1.165) is 38.5 Å². The Morgan fingerprint density at radius 3 is 2.48 bits per heavy atom. The summed E-state index contributed by atoms with van der Waals surface area (Å²) < 4.78 is 5.68. The van der Waals surface area contributed by atoms with Crippen molar-refractivity contribution in [2.45, 2.75) is 84.3 Å². The number of aliphatic hydroxyl groups excluding tert-OH is 1. The van der Waals surface area contributed by atoms with Gasteiger partial charge in [-0.25, -0.2) is 0 Å². The number of carbonyl (C=O) groups is 2. The maximum absolute atomic E-state index is 13.0. The smallest absolute Gasteiger partial charge is 0.302 e. The Balaban J connectivity index is 1.62. The molecule has 1 N–H and O–H groups in total. The van der Waals surface area contributed by atoms with Gasteiger partial charge in [0.25, 0.3) is 0 Å². The van der Waals surface area contributed by atoms with Crippen LogP contribution < -0.4 is 0 Å². The van der Waals surface area contributed by atoms with E-state index < -0.39 is 0 Å². The zero-order chi connectivity index (χ0) is 18.0. The number of ketones is 1. The standard InChI is InChI=1S/C21H32O4/c1-12(22)25-19-5-4-15-14-11-18(24)17-10-13(23)6-8-20(17,2)16(14)7-9-21(15,19)3/h13-17,19,23H,4-11H2,1-3H3/t13-,14-,15?,16?,17+,19-,20+,21-/m0/s1. The molecule has 4 fully saturated rings. The lowest BCUT2D eigenvalue weighted by atomic mass is 9.45. The third kappa shape index (κ3) is 2.50. The Kier molecular flexibility index (Phi) is 4.06. The summed E-state index contributed by atoms with van der Waals surface area (Å²) in [5, 5.41) is 10.1. The van der Waals surface area contributed by atoms with Crippen LogP contribution >= 0.6 is 0 Å². The number of hydrogen-bond acceptors (Lipinski definition) is 4. The first kappa shape index (κ1) is 17.5. The molecule has 0 amide bonds. The largest absolute Gasteiger partial charge is 0.462 e.